The molecule has 2 aliphatic heterocycles. The molecular weight excluding hydrogens is 527 g/mol. The average Bonchev–Trinajstić information content (AvgIpc) is 3.32. The highest BCUT2D eigenvalue weighted by Gasteiger charge is 2.39. The highest BCUT2D eigenvalue weighted by atomic mass is 35.5. The predicted octanol–water partition coefficient (Wildman–Crippen LogP) is 4.73. The van der Waals surface area contributed by atoms with E-state index in [4.69, 9.17) is 16.0 Å². The third-order valence-corrected chi connectivity index (χ3v) is 6.97. The van der Waals surface area contributed by atoms with Gasteiger partial charge < -0.3 is 19.4 Å². The lowest BCUT2D eigenvalue weighted by molar-refractivity contribution is -0.159. The number of rotatable bonds is 7. The van der Waals surface area contributed by atoms with E-state index in [-0.39, 0.29) is 59.1 Å². The molecule has 2 aliphatic rings. The Labute approximate surface area is 220 Å². The van der Waals surface area contributed by atoms with Gasteiger partial charge in [-0.2, -0.15) is 8.78 Å². The molecule has 200 valence electrons. The van der Waals surface area contributed by atoms with Crippen LogP contribution in [-0.2, 0) is 9.59 Å². The van der Waals surface area contributed by atoms with E-state index < -0.39 is 23.8 Å². The van der Waals surface area contributed by atoms with Crippen LogP contribution >= 0.6 is 11.6 Å². The van der Waals surface area contributed by atoms with E-state index >= 15 is 4.39 Å². The molecule has 2 aromatic carbocycles. The first-order chi connectivity index (χ1) is 18.0. The number of imide groups is 1. The van der Waals surface area contributed by atoms with Crippen molar-refractivity contribution < 1.29 is 31.9 Å². The molecule has 0 saturated carbocycles. The van der Waals surface area contributed by atoms with Gasteiger partial charge in [-0.1, -0.05) is 22.8 Å². The lowest BCUT2D eigenvalue weighted by Crippen LogP contribution is -2.62. The minimum atomic E-state index is -3.29. The molecule has 2 fully saturated rings. The van der Waals surface area contributed by atoms with Crippen LogP contribution in [0.15, 0.2) is 40.8 Å². The molecule has 5 rings (SSSR count). The van der Waals surface area contributed by atoms with Crippen LogP contribution in [0.4, 0.5) is 24.9 Å². The van der Waals surface area contributed by atoms with Gasteiger partial charge in [0.25, 0.3) is 0 Å². The van der Waals surface area contributed by atoms with Gasteiger partial charge in [-0.3, -0.25) is 14.9 Å². The summed E-state index contributed by atoms with van der Waals surface area (Å²) >= 11 is 6.37. The smallest absolute Gasteiger partial charge is 0.394 e. The zero-order valence-electron chi connectivity index (χ0n) is 20.3. The number of carbonyl (C=O) groups is 2. The number of benzene rings is 2. The molecule has 0 radical (unpaired) electrons. The fourth-order valence-electron chi connectivity index (χ4n) is 4.56. The van der Waals surface area contributed by atoms with Crippen molar-refractivity contribution in [1.82, 2.24) is 15.5 Å². The van der Waals surface area contributed by atoms with E-state index in [1.165, 1.54) is 30.3 Å². The molecule has 2 amide bonds. The molecule has 1 unspecified atom stereocenters. The van der Waals surface area contributed by atoms with Crippen molar-refractivity contribution in [3.05, 3.63) is 52.8 Å². The Kier molecular flexibility index (Phi) is 6.68. The predicted molar refractivity (Wildman–Crippen MR) is 132 cm³/mol. The molecule has 9 nitrogen and oxygen atoms in total. The number of alkyl halides is 2. The van der Waals surface area contributed by atoms with E-state index in [2.05, 4.69) is 25.6 Å². The largest absolute Gasteiger partial charge is 0.433 e. The van der Waals surface area contributed by atoms with Gasteiger partial charge in [0.05, 0.1) is 22.7 Å². The number of aromatic nitrogens is 2. The molecule has 13 heteroatoms. The van der Waals surface area contributed by atoms with Crippen molar-refractivity contribution in [1.29, 1.82) is 0 Å². The first-order valence-corrected chi connectivity index (χ1v) is 12.2. The summed E-state index contributed by atoms with van der Waals surface area (Å²) in [5.74, 6) is -2.16. The van der Waals surface area contributed by atoms with E-state index in [0.717, 1.165) is 0 Å². The summed E-state index contributed by atoms with van der Waals surface area (Å²) in [5, 5.41) is 13.3. The molecule has 3 aromatic rings. The summed E-state index contributed by atoms with van der Waals surface area (Å²) in [7, 11) is 0. The first kappa shape index (κ1) is 25.8. The quantitative estimate of drug-likeness (QED) is 0.407. The molecular formula is C25H23ClF3N5O4. The first-order valence-electron chi connectivity index (χ1n) is 11.9. The minimum absolute atomic E-state index is 0.00253. The van der Waals surface area contributed by atoms with Crippen molar-refractivity contribution in [2.75, 3.05) is 16.8 Å². The van der Waals surface area contributed by atoms with Gasteiger partial charge >= 0.3 is 12.1 Å². The normalized spacial score (nSPS) is 21.6. The van der Waals surface area contributed by atoms with E-state index in [9.17, 15) is 18.4 Å². The van der Waals surface area contributed by atoms with Crippen molar-refractivity contribution >= 4 is 35.1 Å². The van der Waals surface area contributed by atoms with Crippen LogP contribution in [0.5, 0.6) is 5.75 Å². The van der Waals surface area contributed by atoms with Crippen molar-refractivity contribution in [3.63, 3.8) is 0 Å². The second kappa shape index (κ2) is 9.82. The van der Waals surface area contributed by atoms with Crippen LogP contribution in [0, 0.1) is 5.82 Å². The van der Waals surface area contributed by atoms with Crippen LogP contribution in [0.3, 0.4) is 0 Å². The third-order valence-electron chi connectivity index (χ3n) is 6.62. The number of ether oxygens (including phenoxy) is 1. The Bertz CT molecular complexity index is 1380. The number of nitrogens with zero attached hydrogens (tertiary/aromatic N) is 3. The number of amides is 2. The van der Waals surface area contributed by atoms with Crippen molar-refractivity contribution in [3.8, 4) is 17.2 Å². The Morgan fingerprint density at radius 1 is 1.18 bits per heavy atom. The molecule has 1 aromatic heterocycles. The number of hydrogen-bond donors (Lipinski definition) is 2. The Balaban J connectivity index is 1.22. The second-order valence-electron chi connectivity index (χ2n) is 9.30. The zero-order chi connectivity index (χ0) is 27.2. The van der Waals surface area contributed by atoms with Gasteiger partial charge in [0.15, 0.2) is 0 Å². The molecule has 3 atom stereocenters. The Hall–Kier alpha value is -3.80. The molecule has 0 bridgehead atoms. The highest BCUT2D eigenvalue weighted by Crippen LogP contribution is 2.39. The zero-order valence-corrected chi connectivity index (χ0v) is 21.1. The fourth-order valence-corrected chi connectivity index (χ4v) is 4.84. The Morgan fingerprint density at radius 2 is 1.92 bits per heavy atom. The number of nitrogens with one attached hydrogen (secondary N) is 2. The highest BCUT2D eigenvalue weighted by molar-refractivity contribution is 6.33. The lowest BCUT2D eigenvalue weighted by atomic mass is 9.89. The lowest BCUT2D eigenvalue weighted by Gasteiger charge is -2.48. The number of hydrogen-bond acceptors (Lipinski definition) is 8. The molecule has 3 heterocycles. The molecule has 2 saturated heterocycles. The minimum Gasteiger partial charge on any atom is -0.433 e. The maximum Gasteiger partial charge on any atom is 0.394 e. The second-order valence-corrected chi connectivity index (χ2v) is 9.67. The number of halogens is 4. The summed E-state index contributed by atoms with van der Waals surface area (Å²) in [6.45, 7) is 3.04. The molecule has 38 heavy (non-hydrogen) atoms. The maximum absolute atomic E-state index is 15.2. The summed E-state index contributed by atoms with van der Waals surface area (Å²) < 4.78 is 51.3. The van der Waals surface area contributed by atoms with Crippen molar-refractivity contribution in [2.45, 2.75) is 50.8 Å². The van der Waals surface area contributed by atoms with Crippen LogP contribution in [0.2, 0.25) is 5.02 Å². The standard InChI is InChI=1S/C25H23ClF3N5O4/c1-12-17(30-24-33-32-23(37-24)13-3-5-14(6-4-13)38-25(2,28)29)11-34(12)18-9-7-15(21(27)20(18)26)16-8-10-19(35)31-22(16)36/h3-7,9,12,16-17H,8,10-11H2,1-2H3,(H,30,33)(H,31,35,36)/t12-,16?,17+/m1/s1. The fraction of sp³-hybridized carbons (Fsp3) is 0.360. The number of piperidine rings is 1. The third kappa shape index (κ3) is 5.13. The molecule has 2 N–H and O–H groups in total. The average molecular weight is 550 g/mol. The SMILES string of the molecule is C[C@@H]1[C@@H](Nc2nnc(-c3ccc(OC(C)(F)F)cc3)o2)CN1c1ccc(C2CCC(=O)NC2=O)c(F)c1Cl. The van der Waals surface area contributed by atoms with Crippen LogP contribution < -0.4 is 20.3 Å². The van der Waals surface area contributed by atoms with E-state index in [1.54, 1.807) is 6.07 Å². The monoisotopic (exact) mass is 549 g/mol. The molecule has 0 spiro atoms. The topological polar surface area (TPSA) is 110 Å². The van der Waals surface area contributed by atoms with Gasteiger partial charge in [0, 0.05) is 37.1 Å². The van der Waals surface area contributed by atoms with Gasteiger partial charge in [0.1, 0.15) is 11.6 Å². The van der Waals surface area contributed by atoms with E-state index in [1.807, 2.05) is 11.8 Å². The summed E-state index contributed by atoms with van der Waals surface area (Å²) in [6, 6.07) is 8.96. The van der Waals surface area contributed by atoms with Gasteiger partial charge in [-0.15, -0.1) is 5.10 Å². The van der Waals surface area contributed by atoms with E-state index in [0.29, 0.717) is 24.7 Å². The maximum atomic E-state index is 15.2. The van der Waals surface area contributed by atoms with Crippen molar-refractivity contribution in [2.24, 2.45) is 0 Å². The number of carbonyl (C=O) groups excluding carboxylic acids is 2. The summed E-state index contributed by atoms with van der Waals surface area (Å²) in [6.07, 6.45) is -2.93. The van der Waals surface area contributed by atoms with Crippen LogP contribution in [0.1, 0.15) is 38.2 Å². The summed E-state index contributed by atoms with van der Waals surface area (Å²) in [4.78, 5) is 25.5. The van der Waals surface area contributed by atoms with Gasteiger partial charge in [-0.05, 0) is 43.7 Å². The van der Waals surface area contributed by atoms with Crippen LogP contribution in [0.25, 0.3) is 11.5 Å². The Morgan fingerprint density at radius 3 is 2.58 bits per heavy atom. The number of anilines is 2. The van der Waals surface area contributed by atoms with Crippen LogP contribution in [-0.4, -0.2) is 46.7 Å². The summed E-state index contributed by atoms with van der Waals surface area (Å²) in [5.41, 5.74) is 1.17. The van der Waals surface area contributed by atoms with Gasteiger partial charge in [-0.25, -0.2) is 4.39 Å². The molecule has 0 aliphatic carbocycles. The van der Waals surface area contributed by atoms with Gasteiger partial charge in [0.2, 0.25) is 17.7 Å².